The molecule has 4 aromatic rings. The van der Waals surface area contributed by atoms with Crippen molar-refractivity contribution in [1.82, 2.24) is 9.55 Å². The second-order valence-electron chi connectivity index (χ2n) is 6.27. The van der Waals surface area contributed by atoms with E-state index in [1.54, 1.807) is 30.6 Å². The fourth-order valence-corrected chi connectivity index (χ4v) is 3.89. The molecular formula is C23H26N2O2S. The summed E-state index contributed by atoms with van der Waals surface area (Å²) in [5.41, 5.74) is 3.92. The summed E-state index contributed by atoms with van der Waals surface area (Å²) in [5.74, 6) is 1.99. The molecule has 0 atom stereocenters. The van der Waals surface area contributed by atoms with Crippen molar-refractivity contribution in [3.05, 3.63) is 64.4 Å². The topological polar surface area (TPSA) is 47.3 Å². The fourth-order valence-electron chi connectivity index (χ4n) is 3.19. The maximum absolute atomic E-state index is 9.95. The summed E-state index contributed by atoms with van der Waals surface area (Å²) in [6.07, 6.45) is 0.925. The second kappa shape index (κ2) is 8.93. The van der Waals surface area contributed by atoms with Gasteiger partial charge in [-0.1, -0.05) is 32.0 Å². The minimum absolute atomic E-state index is 0.253. The molecule has 0 saturated heterocycles. The molecule has 0 radical (unpaired) electrons. The molecule has 2 aromatic heterocycles. The van der Waals surface area contributed by atoms with Crippen molar-refractivity contribution < 1.29 is 9.84 Å². The summed E-state index contributed by atoms with van der Waals surface area (Å²) in [6.45, 7) is 6.83. The Labute approximate surface area is 170 Å². The highest BCUT2D eigenvalue weighted by Gasteiger charge is 2.15. The molecule has 28 heavy (non-hydrogen) atoms. The van der Waals surface area contributed by atoms with E-state index in [1.807, 2.05) is 32.9 Å². The van der Waals surface area contributed by atoms with Gasteiger partial charge in [0.1, 0.15) is 17.3 Å². The number of methoxy groups -OCH3 is 1. The number of nitrogens with zero attached hydrogens (tertiary/aromatic N) is 2. The maximum atomic E-state index is 9.95. The van der Waals surface area contributed by atoms with Crippen LogP contribution < -0.4 is 4.74 Å². The monoisotopic (exact) mass is 394 g/mol. The lowest BCUT2D eigenvalue weighted by molar-refractivity contribution is 0.412. The summed E-state index contributed by atoms with van der Waals surface area (Å²) in [4.78, 5) is 6.16. The number of thiophene rings is 1. The summed E-state index contributed by atoms with van der Waals surface area (Å²) in [7, 11) is 1.68. The van der Waals surface area contributed by atoms with Crippen molar-refractivity contribution in [1.29, 1.82) is 0 Å². The van der Waals surface area contributed by atoms with Gasteiger partial charge in [-0.15, -0.1) is 11.3 Å². The van der Waals surface area contributed by atoms with Crippen LogP contribution in [0.25, 0.3) is 22.4 Å². The predicted octanol–water partition coefficient (Wildman–Crippen LogP) is 6.06. The van der Waals surface area contributed by atoms with Crippen LogP contribution in [0, 0.1) is 6.92 Å². The lowest BCUT2D eigenvalue weighted by Gasteiger charge is -2.11. The molecule has 146 valence electrons. The quantitative estimate of drug-likeness (QED) is 0.448. The maximum Gasteiger partial charge on any atom is 0.141 e. The molecule has 0 fully saturated rings. The summed E-state index contributed by atoms with van der Waals surface area (Å²) in [6, 6.07) is 15.7. The average Bonchev–Trinajstić information content (AvgIpc) is 3.36. The number of imidazole rings is 1. The molecule has 0 amide bonds. The number of phenolic OH excluding ortho intramolecular Hbond substituents is 1. The zero-order valence-electron chi connectivity index (χ0n) is 16.8. The molecule has 0 aliphatic rings. The van der Waals surface area contributed by atoms with E-state index in [0.717, 1.165) is 46.7 Å². The molecule has 4 rings (SSSR count). The summed E-state index contributed by atoms with van der Waals surface area (Å²) < 4.78 is 7.66. The molecule has 0 unspecified atom stereocenters. The van der Waals surface area contributed by atoms with E-state index in [9.17, 15) is 5.11 Å². The molecule has 2 heterocycles. The van der Waals surface area contributed by atoms with Crippen molar-refractivity contribution in [3.8, 4) is 22.9 Å². The highest BCUT2D eigenvalue weighted by Crippen LogP contribution is 2.31. The van der Waals surface area contributed by atoms with Crippen LogP contribution in [-0.4, -0.2) is 21.8 Å². The Kier molecular flexibility index (Phi) is 6.37. The van der Waals surface area contributed by atoms with E-state index in [-0.39, 0.29) is 5.75 Å². The van der Waals surface area contributed by atoms with Crippen LogP contribution in [-0.2, 0) is 13.0 Å². The zero-order valence-corrected chi connectivity index (χ0v) is 17.6. The van der Waals surface area contributed by atoms with Gasteiger partial charge in [-0.3, -0.25) is 0 Å². The van der Waals surface area contributed by atoms with E-state index in [1.165, 1.54) is 4.88 Å². The van der Waals surface area contributed by atoms with Crippen LogP contribution >= 0.6 is 11.3 Å². The van der Waals surface area contributed by atoms with E-state index in [0.29, 0.717) is 0 Å². The number of aromatic hydroxyl groups is 1. The molecule has 0 aliphatic carbocycles. The van der Waals surface area contributed by atoms with Gasteiger partial charge >= 0.3 is 0 Å². The fraction of sp³-hybridized carbons (Fsp3) is 0.261. The highest BCUT2D eigenvalue weighted by molar-refractivity contribution is 7.09. The summed E-state index contributed by atoms with van der Waals surface area (Å²) in [5, 5.41) is 12.0. The Hall–Kier alpha value is -2.79. The smallest absolute Gasteiger partial charge is 0.141 e. The van der Waals surface area contributed by atoms with Gasteiger partial charge in [0.25, 0.3) is 0 Å². The Morgan fingerprint density at radius 1 is 1.11 bits per heavy atom. The lowest BCUT2D eigenvalue weighted by atomic mass is 10.1. The van der Waals surface area contributed by atoms with Gasteiger partial charge in [0.2, 0.25) is 0 Å². The van der Waals surface area contributed by atoms with Crippen LogP contribution in [0.2, 0.25) is 0 Å². The molecule has 5 heteroatoms. The third-order valence-corrected chi connectivity index (χ3v) is 5.50. The van der Waals surface area contributed by atoms with Gasteiger partial charge in [0.15, 0.2) is 0 Å². The number of hydrogen-bond acceptors (Lipinski definition) is 4. The van der Waals surface area contributed by atoms with Gasteiger partial charge in [-0.05, 0) is 48.6 Å². The Balaban J connectivity index is 0.00000109. The SMILES string of the molecule is CC.COc1cc(-c2nc3ccc(O)cc3n2CCc2cccs2)ccc1C. The van der Waals surface area contributed by atoms with Crippen molar-refractivity contribution in [2.45, 2.75) is 33.7 Å². The molecule has 4 nitrogen and oxygen atoms in total. The lowest BCUT2D eigenvalue weighted by Crippen LogP contribution is -2.03. The van der Waals surface area contributed by atoms with Gasteiger partial charge < -0.3 is 14.4 Å². The van der Waals surface area contributed by atoms with Crippen LogP contribution in [0.5, 0.6) is 11.5 Å². The minimum atomic E-state index is 0.253. The molecule has 0 aliphatic heterocycles. The molecule has 0 saturated carbocycles. The number of rotatable bonds is 5. The number of aromatic nitrogens is 2. The zero-order chi connectivity index (χ0) is 20.1. The van der Waals surface area contributed by atoms with Crippen molar-refractivity contribution in [2.75, 3.05) is 7.11 Å². The van der Waals surface area contributed by atoms with Gasteiger partial charge in [0.05, 0.1) is 18.1 Å². The van der Waals surface area contributed by atoms with Crippen LogP contribution in [0.4, 0.5) is 0 Å². The first-order valence-corrected chi connectivity index (χ1v) is 10.4. The van der Waals surface area contributed by atoms with E-state index in [2.05, 4.69) is 34.2 Å². The third kappa shape index (κ3) is 4.04. The summed E-state index contributed by atoms with van der Waals surface area (Å²) >= 11 is 1.76. The van der Waals surface area contributed by atoms with Crippen LogP contribution in [0.1, 0.15) is 24.3 Å². The minimum Gasteiger partial charge on any atom is -0.508 e. The van der Waals surface area contributed by atoms with E-state index >= 15 is 0 Å². The number of ether oxygens (including phenoxy) is 1. The average molecular weight is 395 g/mol. The number of phenols is 1. The van der Waals surface area contributed by atoms with E-state index < -0.39 is 0 Å². The second-order valence-corrected chi connectivity index (χ2v) is 7.31. The first kappa shape index (κ1) is 20.0. The third-order valence-electron chi connectivity index (χ3n) is 4.56. The van der Waals surface area contributed by atoms with Gasteiger partial charge in [-0.25, -0.2) is 4.98 Å². The standard InChI is InChI=1S/C21H20N2O2S.C2H6/c1-14-5-6-15(12-20(14)25-2)21-22-18-8-7-16(24)13-19(18)23(21)10-9-17-4-3-11-26-17;1-2/h3-8,11-13,24H,9-10H2,1-2H3;1-2H3. The Morgan fingerprint density at radius 2 is 1.93 bits per heavy atom. The van der Waals surface area contributed by atoms with Crippen LogP contribution in [0.15, 0.2) is 53.9 Å². The van der Waals surface area contributed by atoms with Crippen molar-refractivity contribution in [3.63, 3.8) is 0 Å². The number of benzene rings is 2. The highest BCUT2D eigenvalue weighted by atomic mass is 32.1. The van der Waals surface area contributed by atoms with Gasteiger partial charge in [0, 0.05) is 23.1 Å². The largest absolute Gasteiger partial charge is 0.508 e. The molecule has 1 N–H and O–H groups in total. The van der Waals surface area contributed by atoms with Gasteiger partial charge in [-0.2, -0.15) is 0 Å². The normalized spacial score (nSPS) is 10.6. The first-order valence-electron chi connectivity index (χ1n) is 9.52. The predicted molar refractivity (Wildman–Crippen MR) is 117 cm³/mol. The number of hydrogen-bond donors (Lipinski definition) is 1. The first-order chi connectivity index (χ1) is 13.7. The van der Waals surface area contributed by atoms with Crippen molar-refractivity contribution in [2.24, 2.45) is 0 Å². The molecule has 2 aromatic carbocycles. The number of aryl methyl sites for hydroxylation is 3. The Morgan fingerprint density at radius 3 is 2.64 bits per heavy atom. The molecule has 0 spiro atoms. The van der Waals surface area contributed by atoms with Crippen molar-refractivity contribution >= 4 is 22.4 Å². The molecular weight excluding hydrogens is 368 g/mol. The van der Waals surface area contributed by atoms with E-state index in [4.69, 9.17) is 9.72 Å². The Bertz CT molecular complexity index is 1050. The molecule has 0 bridgehead atoms. The van der Waals surface area contributed by atoms with Crippen LogP contribution in [0.3, 0.4) is 0 Å². The number of fused-ring (bicyclic) bond motifs is 1.